The maximum absolute atomic E-state index is 12.0. The molecule has 0 bridgehead atoms. The Hall–Kier alpha value is -0.780. The molecule has 1 saturated heterocycles. The molecule has 0 aromatic heterocycles. The lowest BCUT2D eigenvalue weighted by molar-refractivity contribution is 0.0855. The molecule has 1 fully saturated rings. The summed E-state index contributed by atoms with van der Waals surface area (Å²) in [6.07, 6.45) is 2.04. The van der Waals surface area contributed by atoms with Gasteiger partial charge in [0.05, 0.1) is 16.7 Å². The van der Waals surface area contributed by atoms with Crippen molar-refractivity contribution in [2.75, 3.05) is 13.2 Å². The van der Waals surface area contributed by atoms with Crippen LogP contribution in [0, 0.1) is 6.92 Å². The van der Waals surface area contributed by atoms with Crippen molar-refractivity contribution in [1.82, 2.24) is 5.32 Å². The van der Waals surface area contributed by atoms with Gasteiger partial charge in [0.25, 0.3) is 5.91 Å². The van der Waals surface area contributed by atoms with Crippen LogP contribution in [-0.4, -0.2) is 30.3 Å². The highest BCUT2D eigenvalue weighted by molar-refractivity contribution is 9.10. The number of hydrogen-bond acceptors (Lipinski definition) is 3. The van der Waals surface area contributed by atoms with Gasteiger partial charge in [0.1, 0.15) is 5.75 Å². The van der Waals surface area contributed by atoms with Crippen LogP contribution in [0.5, 0.6) is 5.75 Å². The molecule has 1 atom stereocenters. The van der Waals surface area contributed by atoms with E-state index >= 15 is 0 Å². The number of hydrogen-bond donors (Lipinski definition) is 2. The molecule has 104 valence electrons. The van der Waals surface area contributed by atoms with Crippen molar-refractivity contribution in [3.63, 3.8) is 0 Å². The van der Waals surface area contributed by atoms with E-state index < -0.39 is 0 Å². The second-order valence-electron chi connectivity index (χ2n) is 4.54. The van der Waals surface area contributed by atoms with Crippen molar-refractivity contribution in [3.05, 3.63) is 26.7 Å². The highest BCUT2D eigenvalue weighted by atomic mass is 79.9. The molecule has 1 aliphatic heterocycles. The monoisotopic (exact) mass is 347 g/mol. The number of nitrogens with one attached hydrogen (secondary N) is 1. The third-order valence-electron chi connectivity index (χ3n) is 3.18. The van der Waals surface area contributed by atoms with Crippen LogP contribution < -0.4 is 5.32 Å². The Morgan fingerprint density at radius 1 is 1.68 bits per heavy atom. The fourth-order valence-electron chi connectivity index (χ4n) is 1.98. The van der Waals surface area contributed by atoms with Gasteiger partial charge in [-0.05, 0) is 31.4 Å². The summed E-state index contributed by atoms with van der Waals surface area (Å²) in [6, 6.07) is 1.57. The number of carbonyl (C=O) groups excluding carboxylic acids is 1. The van der Waals surface area contributed by atoms with Gasteiger partial charge < -0.3 is 15.2 Å². The lowest BCUT2D eigenvalue weighted by Crippen LogP contribution is -2.31. The molecule has 6 heteroatoms. The quantitative estimate of drug-likeness (QED) is 0.883. The van der Waals surface area contributed by atoms with E-state index in [-0.39, 0.29) is 28.3 Å². The van der Waals surface area contributed by atoms with Gasteiger partial charge in [0.15, 0.2) is 0 Å². The normalized spacial score (nSPS) is 18.6. The lowest BCUT2D eigenvalue weighted by Gasteiger charge is -2.13. The lowest BCUT2D eigenvalue weighted by atomic mass is 10.1. The molecule has 0 radical (unpaired) electrons. The number of halogens is 2. The van der Waals surface area contributed by atoms with Crippen molar-refractivity contribution in [2.45, 2.75) is 25.9 Å². The topological polar surface area (TPSA) is 58.6 Å². The first kappa shape index (κ1) is 14.6. The zero-order valence-electron chi connectivity index (χ0n) is 10.5. The minimum absolute atomic E-state index is 0.0652. The fourth-order valence-corrected chi connectivity index (χ4v) is 2.73. The van der Waals surface area contributed by atoms with Gasteiger partial charge in [0.2, 0.25) is 0 Å². The molecule has 1 amide bonds. The largest absolute Gasteiger partial charge is 0.506 e. The summed E-state index contributed by atoms with van der Waals surface area (Å²) in [4.78, 5) is 12.0. The average molecular weight is 349 g/mol. The summed E-state index contributed by atoms with van der Waals surface area (Å²) in [7, 11) is 0. The zero-order valence-corrected chi connectivity index (χ0v) is 12.8. The van der Waals surface area contributed by atoms with Crippen molar-refractivity contribution in [1.29, 1.82) is 0 Å². The van der Waals surface area contributed by atoms with Crippen LogP contribution in [0.15, 0.2) is 10.5 Å². The van der Waals surface area contributed by atoms with E-state index in [1.807, 2.05) is 0 Å². The van der Waals surface area contributed by atoms with Gasteiger partial charge >= 0.3 is 0 Å². The average Bonchev–Trinajstić information content (AvgIpc) is 2.91. The van der Waals surface area contributed by atoms with E-state index in [0.29, 0.717) is 16.6 Å². The Labute approximate surface area is 125 Å². The molecular weight excluding hydrogens is 334 g/mol. The van der Waals surface area contributed by atoms with Gasteiger partial charge in [-0.15, -0.1) is 0 Å². The molecule has 0 spiro atoms. The first-order valence-electron chi connectivity index (χ1n) is 6.08. The van der Waals surface area contributed by atoms with E-state index in [4.69, 9.17) is 16.3 Å². The summed E-state index contributed by atoms with van der Waals surface area (Å²) in [6.45, 7) is 2.95. The maximum Gasteiger partial charge on any atom is 0.255 e. The molecular formula is C13H15BrClNO3. The van der Waals surface area contributed by atoms with E-state index in [1.54, 1.807) is 13.0 Å². The van der Waals surface area contributed by atoms with Crippen LogP contribution in [0.2, 0.25) is 5.02 Å². The van der Waals surface area contributed by atoms with Gasteiger partial charge in [-0.25, -0.2) is 0 Å². The van der Waals surface area contributed by atoms with Crippen LogP contribution in [-0.2, 0) is 4.74 Å². The molecule has 0 saturated carbocycles. The second kappa shape index (κ2) is 6.11. The van der Waals surface area contributed by atoms with Gasteiger partial charge in [-0.3, -0.25) is 4.79 Å². The van der Waals surface area contributed by atoms with Crippen LogP contribution in [0.4, 0.5) is 0 Å². The number of ether oxygens (including phenoxy) is 1. The van der Waals surface area contributed by atoms with Crippen LogP contribution in [0.25, 0.3) is 0 Å². The Morgan fingerprint density at radius 2 is 2.42 bits per heavy atom. The Kier molecular flexibility index (Phi) is 4.71. The van der Waals surface area contributed by atoms with Gasteiger partial charge in [-0.2, -0.15) is 0 Å². The fraction of sp³-hybridized carbons (Fsp3) is 0.462. The summed E-state index contributed by atoms with van der Waals surface area (Å²) in [5.41, 5.74) is 0.871. The van der Waals surface area contributed by atoms with Crippen molar-refractivity contribution < 1.29 is 14.6 Å². The summed E-state index contributed by atoms with van der Waals surface area (Å²) in [5.74, 6) is -0.539. The summed E-state index contributed by atoms with van der Waals surface area (Å²) < 4.78 is 6.12. The second-order valence-corrected chi connectivity index (χ2v) is 5.77. The third-order valence-corrected chi connectivity index (χ3v) is 4.47. The van der Waals surface area contributed by atoms with Crippen LogP contribution in [0.1, 0.15) is 28.8 Å². The van der Waals surface area contributed by atoms with Gasteiger partial charge in [0, 0.05) is 17.6 Å². The van der Waals surface area contributed by atoms with Crippen LogP contribution in [0.3, 0.4) is 0 Å². The molecule has 1 unspecified atom stereocenters. The third kappa shape index (κ3) is 3.22. The molecule has 1 aromatic rings. The Bertz CT molecular complexity index is 501. The van der Waals surface area contributed by atoms with Crippen LogP contribution >= 0.6 is 27.5 Å². The number of phenols is 1. The predicted octanol–water partition coefficient (Wildman–Crippen LogP) is 3.03. The number of benzene rings is 1. The number of rotatable bonds is 3. The number of carbonyl (C=O) groups is 1. The minimum atomic E-state index is -0.351. The smallest absolute Gasteiger partial charge is 0.255 e. The first-order chi connectivity index (χ1) is 9.00. The van der Waals surface area contributed by atoms with Crippen molar-refractivity contribution in [2.24, 2.45) is 0 Å². The Morgan fingerprint density at radius 3 is 3.05 bits per heavy atom. The van der Waals surface area contributed by atoms with Crippen molar-refractivity contribution >= 4 is 33.4 Å². The van der Waals surface area contributed by atoms with Crippen molar-refractivity contribution in [3.8, 4) is 5.75 Å². The maximum atomic E-state index is 12.0. The number of aromatic hydroxyl groups is 1. The van der Waals surface area contributed by atoms with E-state index in [2.05, 4.69) is 21.2 Å². The molecule has 1 heterocycles. The molecule has 2 N–H and O–H groups in total. The standard InChI is InChI=1S/C13H15BrClNO3/c1-7-10(14)5-9(12(17)11(7)15)13(18)16-6-8-3-2-4-19-8/h5,8,17H,2-4,6H2,1H3,(H,16,18). The number of amides is 1. The predicted molar refractivity (Wildman–Crippen MR) is 76.9 cm³/mol. The summed E-state index contributed by atoms with van der Waals surface area (Å²) >= 11 is 9.29. The zero-order chi connectivity index (χ0) is 14.0. The van der Waals surface area contributed by atoms with E-state index in [0.717, 1.165) is 19.4 Å². The highest BCUT2D eigenvalue weighted by Gasteiger charge is 2.20. The molecule has 1 aromatic carbocycles. The SMILES string of the molecule is Cc1c(Br)cc(C(=O)NCC2CCCO2)c(O)c1Cl. The number of phenolic OH excluding ortho intramolecular Hbond substituents is 1. The minimum Gasteiger partial charge on any atom is -0.506 e. The molecule has 1 aliphatic rings. The molecule has 0 aliphatic carbocycles. The highest BCUT2D eigenvalue weighted by Crippen LogP contribution is 2.35. The van der Waals surface area contributed by atoms with E-state index in [1.165, 1.54) is 0 Å². The Balaban J connectivity index is 2.10. The van der Waals surface area contributed by atoms with Gasteiger partial charge in [-0.1, -0.05) is 27.5 Å². The molecule has 2 rings (SSSR count). The van der Waals surface area contributed by atoms with E-state index in [9.17, 15) is 9.90 Å². The molecule has 19 heavy (non-hydrogen) atoms. The summed E-state index contributed by atoms with van der Waals surface area (Å²) in [5, 5.41) is 12.9. The first-order valence-corrected chi connectivity index (χ1v) is 7.25. The molecule has 4 nitrogen and oxygen atoms in total.